The van der Waals surface area contributed by atoms with Gasteiger partial charge in [0.15, 0.2) is 0 Å². The van der Waals surface area contributed by atoms with Gasteiger partial charge < -0.3 is 10.1 Å². The number of ether oxygens (including phenoxy) is 1. The van der Waals surface area contributed by atoms with Crippen LogP contribution in [0, 0.1) is 13.8 Å². The van der Waals surface area contributed by atoms with Crippen molar-refractivity contribution in [3.63, 3.8) is 0 Å². The number of carbonyl (C=O) groups is 2. The molecule has 1 aromatic heterocycles. The van der Waals surface area contributed by atoms with Crippen LogP contribution >= 0.6 is 27.3 Å². The molecule has 0 bridgehead atoms. The molecule has 1 atom stereocenters. The van der Waals surface area contributed by atoms with Crippen LogP contribution in [0.25, 0.3) is 0 Å². The number of aryl methyl sites for hydroxylation is 2. The Labute approximate surface area is 227 Å². The maximum atomic E-state index is 13.3. The number of hydrogen-bond acceptors (Lipinski definition) is 6. The fraction of sp³-hybridized carbons (Fsp3) is 0.111. The van der Waals surface area contributed by atoms with Crippen molar-refractivity contribution < 1.29 is 22.7 Å². The maximum Gasteiger partial charge on any atom is 0.341 e. The first-order valence-electron chi connectivity index (χ1n) is 11.1. The molecule has 0 aliphatic rings. The van der Waals surface area contributed by atoms with Crippen LogP contribution in [0.3, 0.4) is 0 Å². The lowest BCUT2D eigenvalue weighted by atomic mass is 10.1. The van der Waals surface area contributed by atoms with Crippen LogP contribution < -0.4 is 10.0 Å². The van der Waals surface area contributed by atoms with Gasteiger partial charge in [0.05, 0.1) is 15.0 Å². The van der Waals surface area contributed by atoms with E-state index in [1.807, 2.05) is 32.0 Å². The van der Waals surface area contributed by atoms with Crippen molar-refractivity contribution >= 4 is 60.5 Å². The first kappa shape index (κ1) is 26.6. The van der Waals surface area contributed by atoms with E-state index in [9.17, 15) is 18.0 Å². The maximum absolute atomic E-state index is 13.3. The lowest BCUT2D eigenvalue weighted by Crippen LogP contribution is -2.26. The van der Waals surface area contributed by atoms with E-state index in [-0.39, 0.29) is 15.5 Å². The molecule has 2 N–H and O–H groups in total. The van der Waals surface area contributed by atoms with Gasteiger partial charge in [0.2, 0.25) is 6.10 Å². The average molecular weight is 600 g/mol. The van der Waals surface area contributed by atoms with Crippen molar-refractivity contribution in [2.75, 3.05) is 10.0 Å². The fourth-order valence-corrected chi connectivity index (χ4v) is 6.80. The number of benzene rings is 3. The van der Waals surface area contributed by atoms with Gasteiger partial charge in [0, 0.05) is 11.3 Å². The standard InChI is InChI=1S/C27H23BrN2O5S2/c1-17-14-18(2)16-20(15-17)29-26(31)25(19-8-4-3-5-9-19)35-27(32)21-10-6-7-11-22(21)30-37(33,34)24-13-12-23(28)36-24/h3-16,25,30H,1-2H3,(H,29,31). The number of hydrogen-bond donors (Lipinski definition) is 2. The van der Waals surface area contributed by atoms with Crippen molar-refractivity contribution in [1.29, 1.82) is 0 Å². The summed E-state index contributed by atoms with van der Waals surface area (Å²) in [6, 6.07) is 23.4. The first-order chi connectivity index (χ1) is 17.6. The summed E-state index contributed by atoms with van der Waals surface area (Å²) in [7, 11) is -3.94. The molecule has 4 aromatic rings. The van der Waals surface area contributed by atoms with Gasteiger partial charge in [-0.05, 0) is 77.3 Å². The van der Waals surface area contributed by atoms with Gasteiger partial charge in [-0.3, -0.25) is 9.52 Å². The number of sulfonamides is 1. The minimum absolute atomic E-state index is 0.0261. The third-order valence-corrected chi connectivity index (χ3v) is 8.74. The second-order valence-electron chi connectivity index (χ2n) is 8.27. The number of nitrogens with one attached hydrogen (secondary N) is 2. The number of thiophene rings is 1. The highest BCUT2D eigenvalue weighted by molar-refractivity contribution is 9.11. The zero-order valence-electron chi connectivity index (χ0n) is 19.9. The molecule has 0 fully saturated rings. The van der Waals surface area contributed by atoms with Crippen molar-refractivity contribution in [1.82, 2.24) is 0 Å². The number of anilines is 2. The van der Waals surface area contributed by atoms with Crippen LogP contribution in [0.2, 0.25) is 0 Å². The monoisotopic (exact) mass is 598 g/mol. The van der Waals surface area contributed by atoms with E-state index >= 15 is 0 Å². The molecule has 4 rings (SSSR count). The number of para-hydroxylation sites is 1. The molecule has 1 heterocycles. The highest BCUT2D eigenvalue weighted by atomic mass is 79.9. The minimum Gasteiger partial charge on any atom is -0.444 e. The fourth-order valence-electron chi connectivity index (χ4n) is 3.71. The molecule has 1 amide bonds. The third kappa shape index (κ3) is 6.65. The van der Waals surface area contributed by atoms with Crippen LogP contribution in [-0.4, -0.2) is 20.3 Å². The van der Waals surface area contributed by atoms with E-state index in [0.29, 0.717) is 15.0 Å². The Morgan fingerprint density at radius 1 is 0.892 bits per heavy atom. The molecule has 0 spiro atoms. The van der Waals surface area contributed by atoms with E-state index in [2.05, 4.69) is 26.0 Å². The van der Waals surface area contributed by atoms with Gasteiger partial charge in [-0.1, -0.05) is 48.5 Å². The molecule has 190 valence electrons. The molecule has 10 heteroatoms. The lowest BCUT2D eigenvalue weighted by molar-refractivity contribution is -0.125. The second kappa shape index (κ2) is 11.3. The summed E-state index contributed by atoms with van der Waals surface area (Å²) in [5.74, 6) is -1.39. The van der Waals surface area contributed by atoms with Gasteiger partial charge in [0.1, 0.15) is 4.21 Å². The highest BCUT2D eigenvalue weighted by Gasteiger charge is 2.28. The molecule has 0 aliphatic heterocycles. The van der Waals surface area contributed by atoms with E-state index in [1.165, 1.54) is 18.2 Å². The van der Waals surface area contributed by atoms with Gasteiger partial charge in [-0.15, -0.1) is 11.3 Å². The predicted octanol–water partition coefficient (Wildman–Crippen LogP) is 6.47. The van der Waals surface area contributed by atoms with Crippen molar-refractivity contribution in [2.45, 2.75) is 24.2 Å². The quantitative estimate of drug-likeness (QED) is 0.226. The molecular formula is C27H23BrN2O5S2. The minimum atomic E-state index is -3.94. The highest BCUT2D eigenvalue weighted by Crippen LogP contribution is 2.30. The summed E-state index contributed by atoms with van der Waals surface area (Å²) in [6.45, 7) is 3.84. The average Bonchev–Trinajstić information content (AvgIpc) is 3.29. The first-order valence-corrected chi connectivity index (χ1v) is 14.2. The SMILES string of the molecule is Cc1cc(C)cc(NC(=O)C(OC(=O)c2ccccc2NS(=O)(=O)c2ccc(Br)s2)c2ccccc2)c1. The van der Waals surface area contributed by atoms with Gasteiger partial charge in [0.25, 0.3) is 15.9 Å². The Morgan fingerprint density at radius 3 is 2.19 bits per heavy atom. The second-order valence-corrected chi connectivity index (χ2v) is 12.6. The number of halogens is 1. The lowest BCUT2D eigenvalue weighted by Gasteiger charge is -2.19. The Morgan fingerprint density at radius 2 is 1.54 bits per heavy atom. The summed E-state index contributed by atoms with van der Waals surface area (Å²) in [4.78, 5) is 26.6. The summed E-state index contributed by atoms with van der Waals surface area (Å²) in [5.41, 5.74) is 3.01. The molecule has 3 aromatic carbocycles. The molecule has 0 aliphatic carbocycles. The molecule has 7 nitrogen and oxygen atoms in total. The number of esters is 1. The Hall–Kier alpha value is -3.47. The topological polar surface area (TPSA) is 102 Å². The number of rotatable bonds is 8. The van der Waals surface area contributed by atoms with E-state index in [1.54, 1.807) is 48.5 Å². The van der Waals surface area contributed by atoms with Crippen LogP contribution in [0.5, 0.6) is 0 Å². The smallest absolute Gasteiger partial charge is 0.341 e. The molecule has 0 saturated heterocycles. The van der Waals surface area contributed by atoms with Crippen molar-refractivity contribution in [2.24, 2.45) is 0 Å². The summed E-state index contributed by atoms with van der Waals surface area (Å²) in [5, 5.41) is 2.82. The van der Waals surface area contributed by atoms with E-state index in [4.69, 9.17) is 4.74 Å². The normalized spacial score (nSPS) is 12.0. The Balaban J connectivity index is 1.61. The Kier molecular flexibility index (Phi) is 8.11. The van der Waals surface area contributed by atoms with Crippen LogP contribution in [-0.2, 0) is 19.6 Å². The number of carbonyl (C=O) groups excluding carboxylic acids is 2. The third-order valence-electron chi connectivity index (χ3n) is 5.26. The molecule has 0 radical (unpaired) electrons. The van der Waals surface area contributed by atoms with Gasteiger partial charge >= 0.3 is 5.97 Å². The van der Waals surface area contributed by atoms with Crippen LogP contribution in [0.4, 0.5) is 11.4 Å². The molecular weight excluding hydrogens is 576 g/mol. The zero-order chi connectivity index (χ0) is 26.6. The Bertz CT molecular complexity index is 1530. The van der Waals surface area contributed by atoms with E-state index < -0.39 is 28.0 Å². The van der Waals surface area contributed by atoms with Crippen LogP contribution in [0.15, 0.2) is 92.9 Å². The van der Waals surface area contributed by atoms with Crippen molar-refractivity contribution in [3.8, 4) is 0 Å². The van der Waals surface area contributed by atoms with E-state index in [0.717, 1.165) is 22.5 Å². The molecule has 1 unspecified atom stereocenters. The summed E-state index contributed by atoms with van der Waals surface area (Å²) < 4.78 is 34.6. The zero-order valence-corrected chi connectivity index (χ0v) is 23.1. The molecule has 37 heavy (non-hydrogen) atoms. The van der Waals surface area contributed by atoms with Crippen molar-refractivity contribution in [3.05, 3.63) is 111 Å². The van der Waals surface area contributed by atoms with Crippen LogP contribution in [0.1, 0.15) is 33.2 Å². The van der Waals surface area contributed by atoms with Gasteiger partial charge in [-0.25, -0.2) is 13.2 Å². The predicted molar refractivity (Wildman–Crippen MR) is 148 cm³/mol. The summed E-state index contributed by atoms with van der Waals surface area (Å²) >= 11 is 4.30. The largest absolute Gasteiger partial charge is 0.444 e. The molecule has 0 saturated carbocycles. The summed E-state index contributed by atoms with van der Waals surface area (Å²) in [6.07, 6.45) is -1.27. The number of amides is 1. The van der Waals surface area contributed by atoms with Gasteiger partial charge in [-0.2, -0.15) is 0 Å².